The van der Waals surface area contributed by atoms with Crippen LogP contribution in [-0.4, -0.2) is 48.1 Å². The third-order valence-corrected chi connectivity index (χ3v) is 2.97. The zero-order valence-corrected chi connectivity index (χ0v) is 17.4. The fraction of sp³-hybridized carbons (Fsp3) is 0.222. The van der Waals surface area contributed by atoms with Gasteiger partial charge in [0.25, 0.3) is 5.91 Å². The molecule has 0 atom stereocenters. The lowest BCUT2D eigenvalue weighted by molar-refractivity contribution is 0.100. The highest BCUT2D eigenvalue weighted by atomic mass is 35.5. The van der Waals surface area contributed by atoms with Gasteiger partial charge in [-0.1, -0.05) is 11.6 Å². The van der Waals surface area contributed by atoms with Crippen molar-refractivity contribution in [2.75, 3.05) is 21.1 Å². The normalized spacial score (nSPS) is 10.4. The average molecular weight is 424 g/mol. The van der Waals surface area contributed by atoms with E-state index in [0.29, 0.717) is 16.7 Å². The van der Waals surface area contributed by atoms with Crippen molar-refractivity contribution in [3.63, 3.8) is 0 Å². The minimum atomic E-state index is -0.532. The molecule has 2 rings (SSSR count). The van der Waals surface area contributed by atoms with Crippen LogP contribution >= 0.6 is 11.6 Å². The van der Waals surface area contributed by atoms with Crippen molar-refractivity contribution in [2.24, 2.45) is 16.5 Å². The summed E-state index contributed by atoms with van der Waals surface area (Å²) < 4.78 is 5.56. The number of hydroxylamine groups is 1. The Morgan fingerprint density at radius 1 is 1.24 bits per heavy atom. The number of rotatable bonds is 5. The number of carbonyl (C=O) groups excluding carboxylic acids is 1. The lowest BCUT2D eigenvalue weighted by atomic mass is 10.2. The molecule has 0 unspecified atom stereocenters. The topological polar surface area (TPSA) is 161 Å². The first-order valence-corrected chi connectivity index (χ1v) is 8.65. The van der Waals surface area contributed by atoms with Crippen molar-refractivity contribution < 1.29 is 14.7 Å². The molecule has 158 valence electrons. The first-order chi connectivity index (χ1) is 13.9. The van der Waals surface area contributed by atoms with Crippen molar-refractivity contribution in [2.45, 2.75) is 6.92 Å². The molecule has 1 amide bonds. The molecule has 0 spiro atoms. The number of nitrogens with two attached hydrogens (primary N) is 2. The Morgan fingerprint density at radius 3 is 2.45 bits per heavy atom. The lowest BCUT2D eigenvalue weighted by Gasteiger charge is -2.06. The Morgan fingerprint density at radius 2 is 1.90 bits per heavy atom. The standard InChI is InChI=1S/C16H16ClN5O2.CH5NO.CH5N/c1-10-8-21-15(9-20-10)24-13-6-11(5-12(17)7-13)16(23)22-14(18)3-4-19-2;1-2-3;1-2/h3-9,19H,1-2H3,(H2,18,22,23);2-3H,1H3;2H2,1H3/b4-3-;;. The van der Waals surface area contributed by atoms with E-state index in [2.05, 4.69) is 26.0 Å². The van der Waals surface area contributed by atoms with Crippen LogP contribution in [0, 0.1) is 6.92 Å². The quantitative estimate of drug-likeness (QED) is 0.273. The van der Waals surface area contributed by atoms with Crippen LogP contribution < -0.4 is 27.0 Å². The molecule has 1 aromatic carbocycles. The van der Waals surface area contributed by atoms with Crippen LogP contribution in [0.1, 0.15) is 16.1 Å². The molecule has 0 saturated carbocycles. The van der Waals surface area contributed by atoms with E-state index in [4.69, 9.17) is 27.3 Å². The predicted molar refractivity (Wildman–Crippen MR) is 113 cm³/mol. The van der Waals surface area contributed by atoms with Crippen molar-refractivity contribution in [3.8, 4) is 11.6 Å². The van der Waals surface area contributed by atoms with Gasteiger partial charge in [0.15, 0.2) is 0 Å². The molecule has 10 nitrogen and oxygen atoms in total. The Hall–Kier alpha value is -3.05. The largest absolute Gasteiger partial charge is 0.437 e. The number of ether oxygens (including phenoxy) is 1. The van der Waals surface area contributed by atoms with E-state index in [1.807, 2.05) is 6.92 Å². The maximum Gasteiger partial charge on any atom is 0.279 e. The zero-order valence-electron chi connectivity index (χ0n) is 16.7. The zero-order chi connectivity index (χ0) is 22.2. The van der Waals surface area contributed by atoms with Gasteiger partial charge in [-0.05, 0) is 44.4 Å². The van der Waals surface area contributed by atoms with E-state index in [9.17, 15) is 4.79 Å². The number of aromatic nitrogens is 2. The maximum atomic E-state index is 12.2. The van der Waals surface area contributed by atoms with Crippen LogP contribution in [0.15, 0.2) is 47.9 Å². The maximum absolute atomic E-state index is 12.2. The average Bonchev–Trinajstić information content (AvgIpc) is 2.70. The molecule has 0 saturated heterocycles. The Balaban J connectivity index is 0.00000143. The second-order valence-corrected chi connectivity index (χ2v) is 5.40. The summed E-state index contributed by atoms with van der Waals surface area (Å²) in [5, 5.41) is 10.4. The molecule has 0 aliphatic carbocycles. The smallest absolute Gasteiger partial charge is 0.279 e. The number of hydrogen-bond donors (Lipinski definition) is 5. The minimum absolute atomic E-state index is 0.0706. The summed E-state index contributed by atoms with van der Waals surface area (Å²) in [7, 11) is 4.64. The van der Waals surface area contributed by atoms with Gasteiger partial charge in [-0.2, -0.15) is 4.99 Å². The molecule has 0 radical (unpaired) electrons. The third kappa shape index (κ3) is 10.8. The van der Waals surface area contributed by atoms with Crippen molar-refractivity contribution >= 4 is 23.3 Å². The monoisotopic (exact) mass is 423 g/mol. The van der Waals surface area contributed by atoms with Gasteiger partial charge in [0, 0.05) is 24.7 Å². The van der Waals surface area contributed by atoms with Gasteiger partial charge < -0.3 is 26.7 Å². The fourth-order valence-corrected chi connectivity index (χ4v) is 1.91. The second-order valence-electron chi connectivity index (χ2n) is 4.96. The van der Waals surface area contributed by atoms with E-state index in [1.165, 1.54) is 38.5 Å². The number of carbonyl (C=O) groups is 1. The molecule has 11 heteroatoms. The van der Waals surface area contributed by atoms with E-state index in [-0.39, 0.29) is 11.4 Å². The van der Waals surface area contributed by atoms with Crippen molar-refractivity contribution in [1.82, 2.24) is 20.8 Å². The summed E-state index contributed by atoms with van der Waals surface area (Å²) in [6, 6.07) is 4.55. The fourth-order valence-electron chi connectivity index (χ4n) is 1.69. The number of halogens is 1. The number of amidine groups is 1. The molecule has 0 fully saturated rings. The summed E-state index contributed by atoms with van der Waals surface area (Å²) in [5.41, 5.74) is 12.9. The SMILES string of the molecule is CN.CN/C=C\C(N)=NC(=O)c1cc(Cl)cc(Oc2cnc(C)cn2)c1.CNO. The summed E-state index contributed by atoms with van der Waals surface area (Å²) in [5.74, 6) is 0.182. The highest BCUT2D eigenvalue weighted by Crippen LogP contribution is 2.25. The number of aliphatic imine (C=N–C) groups is 1. The summed E-state index contributed by atoms with van der Waals surface area (Å²) in [6.45, 7) is 1.82. The lowest BCUT2D eigenvalue weighted by Crippen LogP contribution is -2.12. The number of nitrogens with zero attached hydrogens (tertiary/aromatic N) is 3. The van der Waals surface area contributed by atoms with E-state index in [0.717, 1.165) is 5.69 Å². The van der Waals surface area contributed by atoms with Crippen LogP contribution in [0.4, 0.5) is 0 Å². The van der Waals surface area contributed by atoms with Gasteiger partial charge >= 0.3 is 0 Å². The Kier molecular flexibility index (Phi) is 13.4. The van der Waals surface area contributed by atoms with Crippen LogP contribution in [0.5, 0.6) is 11.6 Å². The molecule has 1 aromatic heterocycles. The Labute approximate surface area is 174 Å². The molecular weight excluding hydrogens is 398 g/mol. The highest BCUT2D eigenvalue weighted by molar-refractivity contribution is 6.31. The Bertz CT molecular complexity index is 812. The van der Waals surface area contributed by atoms with Crippen molar-refractivity contribution in [1.29, 1.82) is 0 Å². The molecule has 29 heavy (non-hydrogen) atoms. The van der Waals surface area contributed by atoms with Crippen LogP contribution in [0.25, 0.3) is 0 Å². The molecule has 0 aliphatic rings. The molecule has 2 aromatic rings. The van der Waals surface area contributed by atoms with Gasteiger partial charge in [-0.3, -0.25) is 9.78 Å². The predicted octanol–water partition coefficient (Wildman–Crippen LogP) is 1.63. The first kappa shape index (κ1) is 26.0. The number of amides is 1. The summed E-state index contributed by atoms with van der Waals surface area (Å²) in [4.78, 5) is 24.1. The number of aryl methyl sites for hydroxylation is 1. The van der Waals surface area contributed by atoms with Gasteiger partial charge in [0.05, 0.1) is 18.1 Å². The van der Waals surface area contributed by atoms with Crippen molar-refractivity contribution in [3.05, 3.63) is 59.1 Å². The van der Waals surface area contributed by atoms with E-state index < -0.39 is 5.91 Å². The molecule has 1 heterocycles. The molecule has 0 bridgehead atoms. The van der Waals surface area contributed by atoms with Gasteiger partial charge in [0.1, 0.15) is 11.6 Å². The summed E-state index contributed by atoms with van der Waals surface area (Å²) >= 11 is 6.03. The van der Waals surface area contributed by atoms with Crippen LogP contribution in [0.3, 0.4) is 0 Å². The summed E-state index contributed by atoms with van der Waals surface area (Å²) in [6.07, 6.45) is 6.10. The van der Waals surface area contributed by atoms with Crippen LogP contribution in [-0.2, 0) is 0 Å². The number of hydrogen-bond acceptors (Lipinski definition) is 8. The van der Waals surface area contributed by atoms with E-state index in [1.54, 1.807) is 31.0 Å². The van der Waals surface area contributed by atoms with Gasteiger partial charge in [-0.15, -0.1) is 0 Å². The molecular formula is C18H26ClN7O3. The van der Waals surface area contributed by atoms with Gasteiger partial charge in [-0.25, -0.2) is 10.5 Å². The van der Waals surface area contributed by atoms with E-state index >= 15 is 0 Å². The van der Waals surface area contributed by atoms with Crippen LogP contribution in [0.2, 0.25) is 5.02 Å². The van der Waals surface area contributed by atoms with Gasteiger partial charge in [0.2, 0.25) is 5.88 Å². The minimum Gasteiger partial charge on any atom is -0.437 e. The number of nitrogens with one attached hydrogen (secondary N) is 2. The second kappa shape index (κ2) is 14.9. The third-order valence-electron chi connectivity index (χ3n) is 2.75. The first-order valence-electron chi connectivity index (χ1n) is 8.27. The highest BCUT2D eigenvalue weighted by Gasteiger charge is 2.10. The molecule has 7 N–H and O–H groups in total. The molecule has 0 aliphatic heterocycles. The number of benzene rings is 1.